The van der Waals surface area contributed by atoms with Crippen molar-refractivity contribution in [3.8, 4) is 0 Å². The molecule has 2 unspecified atom stereocenters. The predicted molar refractivity (Wildman–Crippen MR) is 137 cm³/mol. The summed E-state index contributed by atoms with van der Waals surface area (Å²) in [5, 5.41) is 0. The van der Waals surface area contributed by atoms with Crippen LogP contribution in [0.3, 0.4) is 0 Å². The molecule has 0 radical (unpaired) electrons. The van der Waals surface area contributed by atoms with Gasteiger partial charge >= 0.3 is 0 Å². The first-order valence-electron chi connectivity index (χ1n) is 13.0. The molecule has 2 aliphatic rings. The number of rotatable bonds is 8. The van der Waals surface area contributed by atoms with E-state index in [-0.39, 0.29) is 0 Å². The van der Waals surface area contributed by atoms with Crippen LogP contribution in [0, 0.1) is 29.6 Å². The quantitative estimate of drug-likeness (QED) is 0.464. The summed E-state index contributed by atoms with van der Waals surface area (Å²) < 4.78 is 10.6. The van der Waals surface area contributed by atoms with Gasteiger partial charge in [-0.15, -0.1) is 0 Å². The third-order valence-corrected chi connectivity index (χ3v) is 6.36. The van der Waals surface area contributed by atoms with Gasteiger partial charge in [-0.3, -0.25) is 9.88 Å². The van der Waals surface area contributed by atoms with E-state index in [9.17, 15) is 0 Å². The van der Waals surface area contributed by atoms with Crippen molar-refractivity contribution in [2.75, 3.05) is 46.1 Å². The average molecular weight is 449 g/mol. The van der Waals surface area contributed by atoms with Crippen molar-refractivity contribution in [3.05, 3.63) is 30.1 Å². The molecule has 2 fully saturated rings. The fraction of sp³-hybridized carbons (Fsp3) is 0.821. The molecule has 2 atom stereocenters. The van der Waals surface area contributed by atoms with Gasteiger partial charge in [-0.1, -0.05) is 48.5 Å². The van der Waals surface area contributed by atoms with E-state index < -0.39 is 0 Å². The molecule has 0 amide bonds. The first-order valence-corrected chi connectivity index (χ1v) is 13.0. The average Bonchev–Trinajstić information content (AvgIpc) is 3.26. The Morgan fingerprint density at radius 1 is 0.906 bits per heavy atom. The van der Waals surface area contributed by atoms with Crippen molar-refractivity contribution < 1.29 is 9.47 Å². The van der Waals surface area contributed by atoms with Crippen molar-refractivity contribution >= 4 is 0 Å². The maximum absolute atomic E-state index is 5.31. The van der Waals surface area contributed by atoms with Gasteiger partial charge in [-0.2, -0.15) is 0 Å². The van der Waals surface area contributed by atoms with Gasteiger partial charge in [0.25, 0.3) is 0 Å². The topological polar surface area (TPSA) is 34.6 Å². The standard InChI is InChI=1S/C11H23NO.C9H13N.C8H16O/c1-10(2)11(3)4-5-12-6-8-13-9-7-12;1-8(2)7-9-3-5-10-6-4-9;1-7(2)5-8-3-4-9-6-8/h10-11H,4-9H2,1-3H3;3-6,8H,7H2,1-2H3;7-8H,3-6H2,1-2H3. The van der Waals surface area contributed by atoms with E-state index in [2.05, 4.69) is 70.5 Å². The fourth-order valence-electron chi connectivity index (χ4n) is 3.97. The minimum atomic E-state index is 0.738. The number of aromatic nitrogens is 1. The monoisotopic (exact) mass is 448 g/mol. The summed E-state index contributed by atoms with van der Waals surface area (Å²) in [4.78, 5) is 6.47. The van der Waals surface area contributed by atoms with Gasteiger partial charge in [0.05, 0.1) is 13.2 Å². The zero-order valence-corrected chi connectivity index (χ0v) is 22.2. The molecule has 4 heteroatoms. The number of hydrogen-bond acceptors (Lipinski definition) is 4. The first kappa shape index (κ1) is 29.1. The summed E-state index contributed by atoms with van der Waals surface area (Å²) >= 11 is 0. The molecule has 0 N–H and O–H groups in total. The molecular weight excluding hydrogens is 396 g/mol. The summed E-state index contributed by atoms with van der Waals surface area (Å²) in [6.07, 6.45) is 8.81. The number of morpholine rings is 1. The summed E-state index contributed by atoms with van der Waals surface area (Å²) in [5.74, 6) is 4.12. The lowest BCUT2D eigenvalue weighted by Crippen LogP contribution is -2.37. The van der Waals surface area contributed by atoms with Crippen LogP contribution < -0.4 is 0 Å². The highest BCUT2D eigenvalue weighted by atomic mass is 16.5. The van der Waals surface area contributed by atoms with Crippen molar-refractivity contribution in [2.24, 2.45) is 29.6 Å². The largest absolute Gasteiger partial charge is 0.381 e. The number of ether oxygens (including phenoxy) is 2. The lowest BCUT2D eigenvalue weighted by Gasteiger charge is -2.28. The van der Waals surface area contributed by atoms with Crippen LogP contribution in [0.15, 0.2) is 24.5 Å². The van der Waals surface area contributed by atoms with E-state index >= 15 is 0 Å². The lowest BCUT2D eigenvalue weighted by molar-refractivity contribution is 0.0348. The van der Waals surface area contributed by atoms with Crippen molar-refractivity contribution in [2.45, 2.75) is 74.1 Å². The highest BCUT2D eigenvalue weighted by molar-refractivity contribution is 5.09. The molecule has 2 aliphatic heterocycles. The molecular formula is C28H52N2O2. The van der Waals surface area contributed by atoms with E-state index in [0.29, 0.717) is 0 Å². The molecule has 2 saturated heterocycles. The Hall–Kier alpha value is -0.970. The van der Waals surface area contributed by atoms with Crippen molar-refractivity contribution in [3.63, 3.8) is 0 Å². The maximum Gasteiger partial charge on any atom is 0.0594 e. The molecule has 1 aromatic rings. The van der Waals surface area contributed by atoms with E-state index in [0.717, 1.165) is 75.5 Å². The molecule has 4 nitrogen and oxygen atoms in total. The van der Waals surface area contributed by atoms with Crippen LogP contribution in [-0.2, 0) is 15.9 Å². The third-order valence-electron chi connectivity index (χ3n) is 6.36. The molecule has 0 bridgehead atoms. The van der Waals surface area contributed by atoms with Gasteiger partial charge < -0.3 is 9.47 Å². The van der Waals surface area contributed by atoms with Crippen molar-refractivity contribution in [1.82, 2.24) is 9.88 Å². The smallest absolute Gasteiger partial charge is 0.0594 e. The molecule has 0 aliphatic carbocycles. The zero-order chi connectivity index (χ0) is 23.8. The number of pyridine rings is 1. The van der Waals surface area contributed by atoms with Crippen LogP contribution in [0.5, 0.6) is 0 Å². The van der Waals surface area contributed by atoms with E-state index in [1.807, 2.05) is 12.4 Å². The van der Waals surface area contributed by atoms with Gasteiger partial charge in [-0.25, -0.2) is 0 Å². The second-order valence-electron chi connectivity index (χ2n) is 10.8. The van der Waals surface area contributed by atoms with Gasteiger partial charge in [-0.05, 0) is 79.5 Å². The van der Waals surface area contributed by atoms with Crippen LogP contribution in [0.2, 0.25) is 0 Å². The highest BCUT2D eigenvalue weighted by Gasteiger charge is 2.16. The molecule has 3 rings (SSSR count). The molecule has 3 heterocycles. The Bertz CT molecular complexity index is 536. The molecule has 0 spiro atoms. The third kappa shape index (κ3) is 15.0. The summed E-state index contributed by atoms with van der Waals surface area (Å²) in [5.41, 5.74) is 1.38. The molecule has 0 saturated carbocycles. The van der Waals surface area contributed by atoms with Crippen LogP contribution in [-0.4, -0.2) is 55.9 Å². The van der Waals surface area contributed by atoms with E-state index in [1.165, 1.54) is 31.4 Å². The summed E-state index contributed by atoms with van der Waals surface area (Å²) in [6.45, 7) is 23.3. The first-order chi connectivity index (χ1) is 15.3. The minimum absolute atomic E-state index is 0.738. The zero-order valence-electron chi connectivity index (χ0n) is 22.2. The summed E-state index contributed by atoms with van der Waals surface area (Å²) in [6, 6.07) is 4.14. The van der Waals surface area contributed by atoms with E-state index in [1.54, 1.807) is 0 Å². The highest BCUT2D eigenvalue weighted by Crippen LogP contribution is 2.20. The maximum atomic E-state index is 5.31. The van der Waals surface area contributed by atoms with E-state index in [4.69, 9.17) is 9.47 Å². The van der Waals surface area contributed by atoms with Crippen LogP contribution in [0.4, 0.5) is 0 Å². The molecule has 186 valence electrons. The van der Waals surface area contributed by atoms with Crippen LogP contribution in [0.1, 0.15) is 73.3 Å². The Morgan fingerprint density at radius 2 is 1.56 bits per heavy atom. The summed E-state index contributed by atoms with van der Waals surface area (Å²) in [7, 11) is 0. The van der Waals surface area contributed by atoms with Crippen molar-refractivity contribution in [1.29, 1.82) is 0 Å². The van der Waals surface area contributed by atoms with Crippen LogP contribution in [0.25, 0.3) is 0 Å². The second-order valence-corrected chi connectivity index (χ2v) is 10.8. The fourth-order valence-corrected chi connectivity index (χ4v) is 3.97. The normalized spacial score (nSPS) is 20.0. The predicted octanol–water partition coefficient (Wildman–Crippen LogP) is 6.35. The van der Waals surface area contributed by atoms with Crippen LogP contribution >= 0.6 is 0 Å². The number of hydrogen-bond donors (Lipinski definition) is 0. The van der Waals surface area contributed by atoms with Gasteiger partial charge in [0.2, 0.25) is 0 Å². The Labute approximate surface area is 199 Å². The lowest BCUT2D eigenvalue weighted by atomic mass is 9.94. The van der Waals surface area contributed by atoms with Gasteiger partial charge in [0.1, 0.15) is 0 Å². The molecule has 1 aromatic heterocycles. The Morgan fingerprint density at radius 3 is 2.06 bits per heavy atom. The number of nitrogens with zero attached hydrogens (tertiary/aromatic N) is 2. The molecule has 0 aromatic carbocycles. The SMILES string of the molecule is CC(C)C(C)CCN1CCOCC1.CC(C)CC1CCOC1.CC(C)Cc1ccncc1. The Balaban J connectivity index is 0.000000245. The Kier molecular flexibility index (Phi) is 15.9. The minimum Gasteiger partial charge on any atom is -0.381 e. The second kappa shape index (κ2) is 17.5. The van der Waals surface area contributed by atoms with Gasteiger partial charge in [0.15, 0.2) is 0 Å². The molecule has 32 heavy (non-hydrogen) atoms. The van der Waals surface area contributed by atoms with Gasteiger partial charge in [0, 0.05) is 38.7 Å².